The molecule has 1 aromatic heterocycles. The lowest BCUT2D eigenvalue weighted by atomic mass is 9.91. The van der Waals surface area contributed by atoms with Crippen LogP contribution in [-0.4, -0.2) is 141 Å². The van der Waals surface area contributed by atoms with Crippen molar-refractivity contribution in [2.75, 3.05) is 39.2 Å². The highest BCUT2D eigenvalue weighted by Crippen LogP contribution is 2.36. The van der Waals surface area contributed by atoms with Gasteiger partial charge in [-0.25, -0.2) is 4.63 Å². The molecule has 17 nitrogen and oxygen atoms in total. The molecule has 1 saturated heterocycles. The van der Waals surface area contributed by atoms with E-state index in [0.717, 1.165) is 36.3 Å². The number of carbonyl (C=O) groups excluding carboxylic acids is 5. The monoisotopic (exact) mass is 852 g/mol. The third-order valence-corrected chi connectivity index (χ3v) is 12.9. The minimum atomic E-state index is -1.45. The lowest BCUT2D eigenvalue weighted by Crippen LogP contribution is -2.54. The maximum Gasteiger partial charge on any atom is 0.326 e. The standard InChI is InChI=1S/C39H56N4O13S2/c1-4-5-6-7-19-57-58-33(25(2)43(24-44)21-36(48)54-23-32-38(50)37(49)31(45)22-53-32)17-18-52-34(46)9-8-10-35(47)55-28-14-12-27(13-15-28)42(3)39(51)26-11-16-29-30(20-26)41-56-40-29/h11,16,20,24,27-28,31-32,37-38,45,49-50H,4-10,12-15,17-19,21-23H2,1-3H3/b33-25-. The predicted molar refractivity (Wildman–Crippen MR) is 214 cm³/mol. The van der Waals surface area contributed by atoms with Gasteiger partial charge >= 0.3 is 17.9 Å². The van der Waals surface area contributed by atoms with E-state index in [9.17, 15) is 39.3 Å². The summed E-state index contributed by atoms with van der Waals surface area (Å²) in [5, 5.41) is 37.2. The van der Waals surface area contributed by atoms with E-state index in [1.807, 2.05) is 0 Å². The third-order valence-electron chi connectivity index (χ3n) is 10.2. The molecule has 19 heteroatoms. The van der Waals surface area contributed by atoms with Gasteiger partial charge in [0.05, 0.1) is 13.2 Å². The van der Waals surface area contributed by atoms with Crippen LogP contribution >= 0.6 is 21.6 Å². The number of fused-ring (bicyclic) bond motifs is 1. The number of unbranched alkanes of at least 4 members (excludes halogenated alkanes) is 3. The maximum atomic E-state index is 13.1. The molecule has 322 valence electrons. The van der Waals surface area contributed by atoms with Crippen LogP contribution in [0, 0.1) is 0 Å². The Morgan fingerprint density at radius 3 is 2.40 bits per heavy atom. The van der Waals surface area contributed by atoms with Crippen molar-refractivity contribution in [3.63, 3.8) is 0 Å². The Labute approximate surface area is 345 Å². The van der Waals surface area contributed by atoms with Crippen molar-refractivity contribution in [1.82, 2.24) is 20.1 Å². The van der Waals surface area contributed by atoms with Crippen molar-refractivity contribution < 1.29 is 62.9 Å². The Morgan fingerprint density at radius 1 is 0.914 bits per heavy atom. The molecule has 2 amide bonds. The van der Waals surface area contributed by atoms with Crippen LogP contribution in [0.15, 0.2) is 33.4 Å². The van der Waals surface area contributed by atoms with E-state index in [-0.39, 0.29) is 63.6 Å². The first-order valence-corrected chi connectivity index (χ1v) is 22.1. The molecule has 2 aromatic rings. The molecular formula is C39H56N4O13S2. The van der Waals surface area contributed by atoms with Crippen LogP contribution in [0.5, 0.6) is 0 Å². The van der Waals surface area contributed by atoms with E-state index in [2.05, 4.69) is 17.2 Å². The van der Waals surface area contributed by atoms with Gasteiger partial charge in [-0.05, 0) is 74.0 Å². The van der Waals surface area contributed by atoms with Gasteiger partial charge in [0.2, 0.25) is 6.41 Å². The second-order valence-electron chi connectivity index (χ2n) is 14.4. The van der Waals surface area contributed by atoms with Gasteiger partial charge in [-0.3, -0.25) is 24.0 Å². The second kappa shape index (κ2) is 24.4. The zero-order chi connectivity index (χ0) is 42.0. The topological polar surface area (TPSA) is 228 Å². The van der Waals surface area contributed by atoms with Gasteiger partial charge < -0.3 is 44.1 Å². The molecule has 1 aliphatic heterocycles. The Morgan fingerprint density at radius 2 is 1.66 bits per heavy atom. The normalized spacial score (nSPS) is 22.4. The lowest BCUT2D eigenvalue weighted by molar-refractivity contribution is -0.201. The minimum absolute atomic E-state index is 0.000479. The molecule has 4 atom stereocenters. The molecule has 4 rings (SSSR count). The highest BCUT2D eigenvalue weighted by molar-refractivity contribution is 8.78. The first-order valence-electron chi connectivity index (χ1n) is 19.8. The van der Waals surface area contributed by atoms with Gasteiger partial charge in [0.15, 0.2) is 0 Å². The number of amides is 2. The lowest BCUT2D eigenvalue weighted by Gasteiger charge is -2.34. The van der Waals surface area contributed by atoms with Crippen LogP contribution in [0.1, 0.15) is 101 Å². The Hall–Kier alpha value is -3.75. The molecule has 0 radical (unpaired) electrons. The van der Waals surface area contributed by atoms with Gasteiger partial charge in [-0.1, -0.05) is 47.8 Å². The molecule has 1 aliphatic carbocycles. The number of nitrogens with zero attached hydrogens (tertiary/aromatic N) is 4. The summed E-state index contributed by atoms with van der Waals surface area (Å²) >= 11 is 0. The highest BCUT2D eigenvalue weighted by atomic mass is 33.1. The summed E-state index contributed by atoms with van der Waals surface area (Å²) in [5.41, 5.74) is 2.06. The van der Waals surface area contributed by atoms with E-state index < -0.39 is 48.9 Å². The van der Waals surface area contributed by atoms with Crippen LogP contribution in [0.2, 0.25) is 0 Å². The van der Waals surface area contributed by atoms with E-state index in [0.29, 0.717) is 54.4 Å². The summed E-state index contributed by atoms with van der Waals surface area (Å²) in [6, 6.07) is 5.04. The Bertz CT molecular complexity index is 1690. The number of aliphatic hydroxyl groups is 3. The van der Waals surface area contributed by atoms with Crippen LogP contribution < -0.4 is 0 Å². The van der Waals surface area contributed by atoms with Crippen LogP contribution in [0.25, 0.3) is 11.0 Å². The van der Waals surface area contributed by atoms with E-state index in [1.54, 1.807) is 47.9 Å². The number of benzene rings is 1. The fraction of sp³-hybridized carbons (Fsp3) is 0.667. The molecule has 3 N–H and O–H groups in total. The number of hydrogen-bond donors (Lipinski definition) is 3. The van der Waals surface area contributed by atoms with Crippen LogP contribution in [0.4, 0.5) is 0 Å². The van der Waals surface area contributed by atoms with Gasteiger partial charge in [0, 0.05) is 54.3 Å². The molecule has 0 spiro atoms. The molecule has 1 aromatic carbocycles. The summed E-state index contributed by atoms with van der Waals surface area (Å²) in [4.78, 5) is 66.7. The van der Waals surface area contributed by atoms with Crippen molar-refractivity contribution in [1.29, 1.82) is 0 Å². The minimum Gasteiger partial charge on any atom is -0.465 e. The molecule has 2 fully saturated rings. The van der Waals surface area contributed by atoms with Crippen LogP contribution in [0.3, 0.4) is 0 Å². The SMILES string of the molecule is CCCCCCSS/C(CCOC(=O)CCCC(=O)OC1CCC(N(C)C(=O)c2ccc3nonc3c2)CC1)=C(/C)N(C=O)CC(=O)OCC1OCC(O)C(O)C1O. The summed E-state index contributed by atoms with van der Waals surface area (Å²) in [6.45, 7) is 2.81. The number of aliphatic hydroxyl groups excluding tert-OH is 3. The van der Waals surface area contributed by atoms with Gasteiger partial charge in [0.25, 0.3) is 5.91 Å². The second-order valence-corrected chi connectivity index (χ2v) is 16.9. The molecule has 58 heavy (non-hydrogen) atoms. The summed E-state index contributed by atoms with van der Waals surface area (Å²) in [6.07, 6.45) is 2.62. The third kappa shape index (κ3) is 14.5. The number of carbonyl (C=O) groups is 5. The summed E-state index contributed by atoms with van der Waals surface area (Å²) < 4.78 is 26.4. The average molecular weight is 853 g/mol. The number of aromatic nitrogens is 2. The number of ether oxygens (including phenoxy) is 4. The number of hydrogen-bond acceptors (Lipinski definition) is 17. The van der Waals surface area contributed by atoms with Crippen LogP contribution in [-0.2, 0) is 38.1 Å². The van der Waals surface area contributed by atoms with Crippen molar-refractivity contribution in [3.05, 3.63) is 34.4 Å². The number of allylic oxidation sites excluding steroid dienone is 1. The number of esters is 3. The summed E-state index contributed by atoms with van der Waals surface area (Å²) in [7, 11) is 4.82. The maximum absolute atomic E-state index is 13.1. The Balaban J connectivity index is 1.17. The van der Waals surface area contributed by atoms with Crippen molar-refractivity contribution in [2.24, 2.45) is 0 Å². The number of rotatable bonds is 23. The van der Waals surface area contributed by atoms with Crippen molar-refractivity contribution in [2.45, 2.75) is 127 Å². The average Bonchev–Trinajstić information content (AvgIpc) is 3.70. The first kappa shape index (κ1) is 46.9. The fourth-order valence-electron chi connectivity index (χ4n) is 6.54. The van der Waals surface area contributed by atoms with Crippen molar-refractivity contribution >= 4 is 62.8 Å². The molecular weight excluding hydrogens is 797 g/mol. The molecule has 0 bridgehead atoms. The quantitative estimate of drug-likeness (QED) is 0.0473. The predicted octanol–water partition coefficient (Wildman–Crippen LogP) is 3.93. The molecule has 2 aliphatic rings. The Kier molecular flexibility index (Phi) is 19.7. The summed E-state index contributed by atoms with van der Waals surface area (Å²) in [5.74, 6) is -0.910. The zero-order valence-corrected chi connectivity index (χ0v) is 35.0. The zero-order valence-electron chi connectivity index (χ0n) is 33.3. The largest absolute Gasteiger partial charge is 0.465 e. The smallest absolute Gasteiger partial charge is 0.326 e. The van der Waals surface area contributed by atoms with E-state index in [1.165, 1.54) is 15.7 Å². The highest BCUT2D eigenvalue weighted by Gasteiger charge is 2.38. The molecule has 1 saturated carbocycles. The first-order chi connectivity index (χ1) is 27.9. The van der Waals surface area contributed by atoms with Gasteiger partial charge in [0.1, 0.15) is 54.7 Å². The fourth-order valence-corrected chi connectivity index (χ4v) is 9.13. The van der Waals surface area contributed by atoms with Gasteiger partial charge in [-0.15, -0.1) is 0 Å². The van der Waals surface area contributed by atoms with Crippen molar-refractivity contribution in [3.8, 4) is 0 Å². The molecule has 2 heterocycles. The van der Waals surface area contributed by atoms with E-state index in [4.69, 9.17) is 23.6 Å². The van der Waals surface area contributed by atoms with Gasteiger partial charge in [-0.2, -0.15) is 0 Å². The molecule has 4 unspecified atom stereocenters. The van der Waals surface area contributed by atoms with E-state index >= 15 is 0 Å².